The summed E-state index contributed by atoms with van der Waals surface area (Å²) < 4.78 is 164. The van der Waals surface area contributed by atoms with Crippen LogP contribution in [0.2, 0.25) is 0 Å². The molecule has 24 heteroatoms. The molecule has 0 unspecified atom stereocenters. The molecule has 0 aromatic heterocycles. The molecule has 73 heavy (non-hydrogen) atoms. The Bertz CT molecular complexity index is 2570. The monoisotopic (exact) mass is 1040 g/mol. The molecule has 0 aliphatic carbocycles. The van der Waals surface area contributed by atoms with Crippen molar-refractivity contribution in [3.8, 4) is 23.0 Å². The summed E-state index contributed by atoms with van der Waals surface area (Å²) in [6.45, 7) is -1.87. The number of nitro groups is 2. The van der Waals surface area contributed by atoms with Crippen LogP contribution in [0.1, 0.15) is 59.4 Å². The first kappa shape index (κ1) is 55.7. The van der Waals surface area contributed by atoms with E-state index in [4.69, 9.17) is 28.4 Å². The summed E-state index contributed by atoms with van der Waals surface area (Å²) in [5.74, 6) is -3.68. The van der Waals surface area contributed by atoms with Gasteiger partial charge in [0.15, 0.2) is 0 Å². The molecule has 0 saturated carbocycles. The summed E-state index contributed by atoms with van der Waals surface area (Å²) in [5.41, 5.74) is -2.39. The molecular weight excluding hydrogens is 999 g/mol. The average Bonchev–Trinajstić information content (AvgIpc) is 3.33. The van der Waals surface area contributed by atoms with E-state index < -0.39 is 101 Å². The Morgan fingerprint density at radius 3 is 1.26 bits per heavy atom. The molecule has 388 valence electrons. The number of carbonyl (C=O) groups excluding carboxylic acids is 2. The minimum absolute atomic E-state index is 0.137. The maximum Gasteiger partial charge on any atom is 0.426 e. The van der Waals surface area contributed by atoms with Crippen molar-refractivity contribution in [2.24, 2.45) is 0 Å². The number of hydrogen-bond acceptors (Lipinski definition) is 12. The summed E-state index contributed by atoms with van der Waals surface area (Å²) in [5, 5.41) is 23.3. The topological polar surface area (TPSA) is 176 Å². The van der Waals surface area contributed by atoms with Gasteiger partial charge in [-0.1, -0.05) is 24.3 Å². The van der Waals surface area contributed by atoms with E-state index in [1.807, 2.05) is 0 Å². The van der Waals surface area contributed by atoms with E-state index >= 15 is 0 Å². The second-order valence-corrected chi connectivity index (χ2v) is 15.4. The van der Waals surface area contributed by atoms with Crippen molar-refractivity contribution in [1.82, 2.24) is 0 Å². The van der Waals surface area contributed by atoms with Crippen molar-refractivity contribution >= 4 is 35.5 Å². The number of esters is 2. The van der Waals surface area contributed by atoms with Gasteiger partial charge in [0.05, 0.1) is 46.2 Å². The summed E-state index contributed by atoms with van der Waals surface area (Å²) in [4.78, 5) is 47.1. The number of rotatable bonds is 25. The van der Waals surface area contributed by atoms with Gasteiger partial charge in [0.1, 0.15) is 36.2 Å². The SMILES string of the molecule is O=C(/C=C/c1ccc(C(F)(F)Oc2ccc(OCCCC(F)(F)F)cc2)cc1)OCC(COC(=O)/C=C/c1ccc(C(F)(F)Oc2ccc(OCCCC(F)(F)F)cc2)cc1)c1ccc([N+](=O)[O-])cc1[N+](=O)[O-]. The average molecular weight is 1040 g/mol. The zero-order valence-electron chi connectivity index (χ0n) is 37.6. The first-order chi connectivity index (χ1) is 34.4. The molecule has 5 rings (SSSR count). The highest BCUT2D eigenvalue weighted by Crippen LogP contribution is 2.35. The van der Waals surface area contributed by atoms with Crippen LogP contribution in [0.5, 0.6) is 23.0 Å². The second kappa shape index (κ2) is 24.8. The van der Waals surface area contributed by atoms with Crippen molar-refractivity contribution in [2.45, 2.75) is 56.2 Å². The van der Waals surface area contributed by atoms with Gasteiger partial charge in [-0.15, -0.1) is 0 Å². The number of halogens is 10. The number of nitrogens with zero attached hydrogens (tertiary/aromatic N) is 2. The highest BCUT2D eigenvalue weighted by Gasteiger charge is 2.36. The molecule has 0 bridgehead atoms. The molecule has 0 N–H and O–H groups in total. The Balaban J connectivity index is 1.16. The third-order valence-electron chi connectivity index (χ3n) is 9.92. The number of alkyl halides is 10. The zero-order chi connectivity index (χ0) is 53.4. The van der Waals surface area contributed by atoms with Crippen molar-refractivity contribution in [3.05, 3.63) is 175 Å². The maximum atomic E-state index is 15.0. The third-order valence-corrected chi connectivity index (χ3v) is 9.92. The number of non-ortho nitro benzene ring substituents is 1. The lowest BCUT2D eigenvalue weighted by atomic mass is 9.98. The van der Waals surface area contributed by atoms with Gasteiger partial charge >= 0.3 is 36.5 Å². The number of benzene rings is 5. The van der Waals surface area contributed by atoms with Crippen LogP contribution in [0.15, 0.2) is 127 Å². The molecule has 5 aromatic carbocycles. The van der Waals surface area contributed by atoms with Crippen LogP contribution >= 0.6 is 0 Å². The number of nitro benzene ring substituents is 2. The van der Waals surface area contributed by atoms with Crippen LogP contribution in [0.4, 0.5) is 55.3 Å². The van der Waals surface area contributed by atoms with Gasteiger partial charge in [0.25, 0.3) is 11.4 Å². The van der Waals surface area contributed by atoms with Crippen molar-refractivity contribution in [3.63, 3.8) is 0 Å². The molecule has 0 saturated heterocycles. The molecule has 0 aliphatic heterocycles. The number of ether oxygens (including phenoxy) is 6. The Hall–Kier alpha value is -8.18. The number of carbonyl (C=O) groups is 2. The van der Waals surface area contributed by atoms with Crippen LogP contribution in [0.3, 0.4) is 0 Å². The fourth-order valence-corrected chi connectivity index (χ4v) is 6.29. The lowest BCUT2D eigenvalue weighted by Crippen LogP contribution is -2.21. The minimum atomic E-state index is -4.34. The van der Waals surface area contributed by atoms with E-state index in [-0.39, 0.29) is 65.7 Å². The first-order valence-electron chi connectivity index (χ1n) is 21.4. The molecule has 0 radical (unpaired) electrons. The standard InChI is InChI=1S/C49H40F10N2O12/c50-46(51,52)25-1-27-68-38-14-18-40(19-15-38)72-48(56,57)35-9-3-32(4-10-35)7-23-44(62)70-30-34(42-22-13-37(60(64)65)29-43(42)61(66)67)31-71-45(63)24-8-33-5-11-36(12-6-33)49(58,59)73-41-20-16-39(17-21-41)69-28-2-26-47(53,54)55/h3-24,29,34H,1-2,25-28,30-31H2/b23-7+,24-8+. The fourth-order valence-electron chi connectivity index (χ4n) is 6.29. The van der Waals surface area contributed by atoms with E-state index in [0.717, 1.165) is 72.8 Å². The van der Waals surface area contributed by atoms with E-state index in [0.29, 0.717) is 6.07 Å². The maximum absolute atomic E-state index is 15.0. The van der Waals surface area contributed by atoms with Crippen molar-refractivity contribution < 1.29 is 91.8 Å². The number of hydrogen-bond donors (Lipinski definition) is 0. The predicted octanol–water partition coefficient (Wildman–Crippen LogP) is 12.8. The minimum Gasteiger partial charge on any atom is -0.494 e. The van der Waals surface area contributed by atoms with E-state index in [2.05, 4.69) is 0 Å². The molecule has 0 amide bonds. The summed E-state index contributed by atoms with van der Waals surface area (Å²) in [6.07, 6.45) is -15.0. The van der Waals surface area contributed by atoms with Gasteiger partial charge in [-0.3, -0.25) is 20.2 Å². The summed E-state index contributed by atoms with van der Waals surface area (Å²) >= 11 is 0. The van der Waals surface area contributed by atoms with Crippen molar-refractivity contribution in [1.29, 1.82) is 0 Å². The van der Waals surface area contributed by atoms with Crippen LogP contribution in [-0.2, 0) is 31.3 Å². The first-order valence-corrected chi connectivity index (χ1v) is 21.4. The van der Waals surface area contributed by atoms with Gasteiger partial charge in [-0.25, -0.2) is 9.59 Å². The van der Waals surface area contributed by atoms with E-state index in [1.165, 1.54) is 60.7 Å². The van der Waals surface area contributed by atoms with Crippen LogP contribution < -0.4 is 18.9 Å². The van der Waals surface area contributed by atoms with Crippen molar-refractivity contribution in [2.75, 3.05) is 26.4 Å². The molecule has 0 atom stereocenters. The van der Waals surface area contributed by atoms with E-state index in [9.17, 15) is 73.7 Å². The lowest BCUT2D eigenvalue weighted by Gasteiger charge is -2.18. The highest BCUT2D eigenvalue weighted by molar-refractivity contribution is 5.87. The fraction of sp³-hybridized carbons (Fsp3) is 0.265. The van der Waals surface area contributed by atoms with Gasteiger partial charge in [-0.2, -0.15) is 43.9 Å². The van der Waals surface area contributed by atoms with Crippen LogP contribution in [-0.4, -0.2) is 60.6 Å². The van der Waals surface area contributed by atoms with Gasteiger partial charge in [0.2, 0.25) is 0 Å². The molecule has 0 aliphatic rings. The molecule has 5 aromatic rings. The Morgan fingerprint density at radius 1 is 0.521 bits per heavy atom. The molecule has 0 spiro atoms. The second-order valence-electron chi connectivity index (χ2n) is 15.4. The van der Waals surface area contributed by atoms with Gasteiger partial charge < -0.3 is 28.4 Å². The predicted molar refractivity (Wildman–Crippen MR) is 239 cm³/mol. The molecule has 0 fully saturated rings. The molecular formula is C49H40F10N2O12. The Kier molecular flexibility index (Phi) is 18.9. The largest absolute Gasteiger partial charge is 0.494 e. The summed E-state index contributed by atoms with van der Waals surface area (Å²) in [7, 11) is 0. The zero-order valence-corrected chi connectivity index (χ0v) is 37.6. The Labute approximate surface area is 407 Å². The summed E-state index contributed by atoms with van der Waals surface area (Å²) in [6, 6.07) is 21.0. The third kappa shape index (κ3) is 18.5. The molecule has 14 nitrogen and oxygen atoms in total. The normalized spacial score (nSPS) is 12.2. The smallest absolute Gasteiger partial charge is 0.426 e. The lowest BCUT2D eigenvalue weighted by molar-refractivity contribution is -0.394. The molecule has 0 heterocycles. The van der Waals surface area contributed by atoms with Crippen LogP contribution in [0, 0.1) is 20.2 Å². The Morgan fingerprint density at radius 2 is 0.904 bits per heavy atom. The highest BCUT2D eigenvalue weighted by atomic mass is 19.4. The van der Waals surface area contributed by atoms with Gasteiger partial charge in [0, 0.05) is 36.6 Å². The quantitative estimate of drug-likeness (QED) is 0.0135. The van der Waals surface area contributed by atoms with Gasteiger partial charge in [-0.05, 0) is 115 Å². The van der Waals surface area contributed by atoms with E-state index in [1.54, 1.807) is 0 Å². The van der Waals surface area contributed by atoms with Crippen LogP contribution in [0.25, 0.3) is 12.2 Å².